The van der Waals surface area contributed by atoms with E-state index in [0.29, 0.717) is 0 Å². The standard InChI is InChI=1S/C12H24B2O4.C12H18BNO2.C6H6BrN/c1-9(2)10(3,4)16-13(15-9)14-17-11(5,6)12(7,8)18-14;1-9-8-14-7-6-10(9)13-15-11(2,3)12(4,5)16-13;1-5-4-8-3-2-6(5)7/h1-8H3;6-8H,1-5H3;2-4H,1H3. The Morgan fingerprint density at radius 2 is 0.857 bits per heavy atom. The zero-order chi connectivity index (χ0) is 31.9. The molecule has 0 amide bonds. The predicted octanol–water partition coefficient (Wildman–Crippen LogP) is 6.09. The van der Waals surface area contributed by atoms with Crippen LogP contribution in [0.3, 0.4) is 0 Å². The fraction of sp³-hybridized carbons (Fsp3) is 0.667. The van der Waals surface area contributed by atoms with Crippen molar-refractivity contribution in [2.45, 2.75) is 131 Å². The first-order valence-corrected chi connectivity index (χ1v) is 15.3. The van der Waals surface area contributed by atoms with Gasteiger partial charge in [-0.1, -0.05) is 15.9 Å². The first-order chi connectivity index (χ1) is 19.0. The van der Waals surface area contributed by atoms with Gasteiger partial charge in [0.25, 0.3) is 0 Å². The van der Waals surface area contributed by atoms with Gasteiger partial charge in [0, 0.05) is 29.3 Å². The molecule has 0 aromatic carbocycles. The highest BCUT2D eigenvalue weighted by atomic mass is 79.9. The number of hydrogen-bond donors (Lipinski definition) is 0. The van der Waals surface area contributed by atoms with Gasteiger partial charge in [-0.25, -0.2) is 0 Å². The van der Waals surface area contributed by atoms with Crippen molar-refractivity contribution in [1.82, 2.24) is 9.97 Å². The topological polar surface area (TPSA) is 81.2 Å². The lowest BCUT2D eigenvalue weighted by Crippen LogP contribution is -2.41. The van der Waals surface area contributed by atoms with Crippen LogP contribution in [-0.4, -0.2) is 64.7 Å². The van der Waals surface area contributed by atoms with Crippen LogP contribution in [-0.2, 0) is 27.9 Å². The second-order valence-corrected chi connectivity index (χ2v) is 15.0. The van der Waals surface area contributed by atoms with Gasteiger partial charge in [0.15, 0.2) is 0 Å². The number of nitrogens with zero attached hydrogens (tertiary/aromatic N) is 2. The summed E-state index contributed by atoms with van der Waals surface area (Å²) in [6, 6.07) is 3.88. The van der Waals surface area contributed by atoms with Crippen LogP contribution in [0.5, 0.6) is 0 Å². The van der Waals surface area contributed by atoms with Gasteiger partial charge >= 0.3 is 21.1 Å². The molecule has 230 valence electrons. The van der Waals surface area contributed by atoms with Crippen LogP contribution in [0.25, 0.3) is 0 Å². The first kappa shape index (κ1) is 35.2. The quantitative estimate of drug-likeness (QED) is 0.364. The van der Waals surface area contributed by atoms with E-state index in [2.05, 4.69) is 53.6 Å². The summed E-state index contributed by atoms with van der Waals surface area (Å²) < 4.78 is 36.9. The van der Waals surface area contributed by atoms with Gasteiger partial charge in [0.1, 0.15) is 0 Å². The minimum absolute atomic E-state index is 0.284. The molecular formula is C30H48B3BrN2O6. The lowest BCUT2D eigenvalue weighted by atomic mass is 9.49. The monoisotopic (exact) mass is 644 g/mol. The van der Waals surface area contributed by atoms with Gasteiger partial charge in [-0.15, -0.1) is 0 Å². The average Bonchev–Trinajstić information content (AvgIpc) is 3.31. The maximum Gasteiger partial charge on any atom is 0.495 e. The number of pyridine rings is 2. The third kappa shape index (κ3) is 7.50. The number of aromatic nitrogens is 2. The Bertz CT molecular complexity index is 1140. The Balaban J connectivity index is 0.000000185. The molecule has 0 aliphatic carbocycles. The largest absolute Gasteiger partial charge is 0.495 e. The van der Waals surface area contributed by atoms with E-state index in [1.54, 1.807) is 12.4 Å². The molecule has 8 nitrogen and oxygen atoms in total. The Morgan fingerprint density at radius 3 is 1.17 bits per heavy atom. The van der Waals surface area contributed by atoms with Gasteiger partial charge in [-0.3, -0.25) is 9.97 Å². The van der Waals surface area contributed by atoms with Crippen LogP contribution in [0.2, 0.25) is 0 Å². The molecule has 0 spiro atoms. The molecule has 3 aliphatic rings. The normalized spacial score (nSPS) is 24.0. The summed E-state index contributed by atoms with van der Waals surface area (Å²) in [6.45, 7) is 28.5. The summed E-state index contributed by atoms with van der Waals surface area (Å²) in [6.07, 6.45) is 7.19. The predicted molar refractivity (Wildman–Crippen MR) is 174 cm³/mol. The van der Waals surface area contributed by atoms with Crippen molar-refractivity contribution >= 4 is 42.5 Å². The molecule has 0 atom stereocenters. The number of rotatable bonds is 2. The van der Waals surface area contributed by atoms with E-state index in [4.69, 9.17) is 27.9 Å². The van der Waals surface area contributed by atoms with Crippen LogP contribution in [0.4, 0.5) is 0 Å². The summed E-state index contributed by atoms with van der Waals surface area (Å²) in [7, 11) is -1.24. The third-order valence-corrected chi connectivity index (χ3v) is 10.2. The van der Waals surface area contributed by atoms with Gasteiger partial charge in [-0.2, -0.15) is 0 Å². The summed E-state index contributed by atoms with van der Waals surface area (Å²) in [5.74, 6) is 0. The zero-order valence-electron chi connectivity index (χ0n) is 27.9. The van der Waals surface area contributed by atoms with Crippen LogP contribution in [0.15, 0.2) is 41.4 Å². The molecule has 0 N–H and O–H groups in total. The summed E-state index contributed by atoms with van der Waals surface area (Å²) in [5, 5.41) is 0. The molecule has 12 heteroatoms. The van der Waals surface area contributed by atoms with Gasteiger partial charge in [0.05, 0.1) is 33.6 Å². The van der Waals surface area contributed by atoms with E-state index in [1.165, 1.54) is 5.56 Å². The molecule has 0 bridgehead atoms. The van der Waals surface area contributed by atoms with E-state index in [0.717, 1.165) is 15.5 Å². The molecule has 0 unspecified atom stereocenters. The lowest BCUT2D eigenvalue weighted by Gasteiger charge is -2.32. The van der Waals surface area contributed by atoms with Crippen LogP contribution >= 0.6 is 15.9 Å². The Labute approximate surface area is 262 Å². The van der Waals surface area contributed by atoms with Crippen molar-refractivity contribution in [3.63, 3.8) is 0 Å². The van der Waals surface area contributed by atoms with Crippen LogP contribution in [0, 0.1) is 13.8 Å². The Hall–Kier alpha value is -1.27. The van der Waals surface area contributed by atoms with E-state index in [-0.39, 0.29) is 40.7 Å². The lowest BCUT2D eigenvalue weighted by molar-refractivity contribution is 0.00578. The summed E-state index contributed by atoms with van der Waals surface area (Å²) >= 11 is 3.36. The minimum atomic E-state index is -0.476. The molecule has 3 fully saturated rings. The zero-order valence-corrected chi connectivity index (χ0v) is 29.5. The molecule has 2 aromatic heterocycles. The molecule has 2 aromatic rings. The van der Waals surface area contributed by atoms with Crippen LogP contribution in [0.1, 0.15) is 94.2 Å². The maximum atomic E-state index is 5.98. The van der Waals surface area contributed by atoms with E-state index in [9.17, 15) is 0 Å². The Morgan fingerprint density at radius 1 is 0.524 bits per heavy atom. The van der Waals surface area contributed by atoms with E-state index >= 15 is 0 Å². The van der Waals surface area contributed by atoms with E-state index in [1.807, 2.05) is 93.8 Å². The highest BCUT2D eigenvalue weighted by molar-refractivity contribution is 9.10. The average molecular weight is 645 g/mol. The number of halogens is 1. The molecule has 0 saturated carbocycles. The van der Waals surface area contributed by atoms with Crippen molar-refractivity contribution in [3.05, 3.63) is 52.5 Å². The van der Waals surface area contributed by atoms with Crippen molar-refractivity contribution < 1.29 is 27.9 Å². The molecule has 5 rings (SSSR count). The van der Waals surface area contributed by atoms with E-state index < -0.39 is 14.0 Å². The second kappa shape index (κ2) is 12.3. The number of hydrogen-bond acceptors (Lipinski definition) is 8. The molecule has 3 aliphatic heterocycles. The molecule has 42 heavy (non-hydrogen) atoms. The highest BCUT2D eigenvalue weighted by Crippen LogP contribution is 2.43. The van der Waals surface area contributed by atoms with Crippen molar-refractivity contribution in [1.29, 1.82) is 0 Å². The molecule has 5 heterocycles. The number of aryl methyl sites for hydroxylation is 2. The summed E-state index contributed by atoms with van der Waals surface area (Å²) in [5.41, 5.74) is 1.33. The highest BCUT2D eigenvalue weighted by Gasteiger charge is 2.63. The second-order valence-electron chi connectivity index (χ2n) is 14.2. The van der Waals surface area contributed by atoms with Gasteiger partial charge in [-0.05, 0) is 126 Å². The van der Waals surface area contributed by atoms with Crippen molar-refractivity contribution in [2.75, 3.05) is 0 Å². The van der Waals surface area contributed by atoms with Crippen LogP contribution < -0.4 is 5.46 Å². The molecule has 0 radical (unpaired) electrons. The van der Waals surface area contributed by atoms with Crippen molar-refractivity contribution in [3.8, 4) is 0 Å². The molecule has 3 saturated heterocycles. The van der Waals surface area contributed by atoms with Gasteiger partial charge < -0.3 is 27.9 Å². The summed E-state index contributed by atoms with van der Waals surface area (Å²) in [4.78, 5) is 7.99. The maximum absolute atomic E-state index is 5.98. The van der Waals surface area contributed by atoms with Crippen molar-refractivity contribution in [2.24, 2.45) is 0 Å². The van der Waals surface area contributed by atoms with Gasteiger partial charge in [0.2, 0.25) is 0 Å². The SMILES string of the molecule is CC1(C)OB(B2OC(C)(C)C(C)(C)O2)OC1(C)C.Cc1cnccc1B1OC(C)(C)C(C)(C)O1.Cc1cnccc1Br. The first-order valence-electron chi connectivity index (χ1n) is 14.6. The smallest absolute Gasteiger partial charge is 0.405 e. The third-order valence-electron chi connectivity index (χ3n) is 9.29. The Kier molecular flexibility index (Phi) is 10.3. The molecular weight excluding hydrogens is 597 g/mol. The minimum Gasteiger partial charge on any atom is -0.405 e. The fourth-order valence-electron chi connectivity index (χ4n) is 4.17. The fourth-order valence-corrected chi connectivity index (χ4v) is 4.40.